The fraction of sp³-hybridized carbons (Fsp3) is 0.647. The van der Waals surface area contributed by atoms with Gasteiger partial charge in [-0.15, -0.1) is 0 Å². The van der Waals surface area contributed by atoms with Crippen molar-refractivity contribution in [1.82, 2.24) is 10.2 Å². The fourth-order valence-electron chi connectivity index (χ4n) is 3.78. The monoisotopic (exact) mass is 258 g/mol. The van der Waals surface area contributed by atoms with Gasteiger partial charge in [0.15, 0.2) is 0 Å². The maximum Gasteiger partial charge on any atom is 0.0450 e. The molecule has 4 atom stereocenters. The minimum absolute atomic E-state index is 0.508. The SMILES string of the molecule is CC1CCC(N2CC(c3ccccc3)NCC2C)C1. The second-order valence-electron chi connectivity index (χ2n) is 6.49. The molecule has 2 aliphatic rings. The predicted octanol–water partition coefficient (Wildman–Crippen LogP) is 3.21. The van der Waals surface area contributed by atoms with Gasteiger partial charge in [-0.05, 0) is 37.7 Å². The zero-order valence-electron chi connectivity index (χ0n) is 12.2. The zero-order chi connectivity index (χ0) is 13.2. The van der Waals surface area contributed by atoms with E-state index in [-0.39, 0.29) is 0 Å². The average Bonchev–Trinajstić information content (AvgIpc) is 2.87. The highest BCUT2D eigenvalue weighted by molar-refractivity contribution is 5.20. The van der Waals surface area contributed by atoms with E-state index in [0.717, 1.165) is 18.5 Å². The lowest BCUT2D eigenvalue weighted by Crippen LogP contribution is -2.54. The maximum atomic E-state index is 3.71. The summed E-state index contributed by atoms with van der Waals surface area (Å²) in [6, 6.07) is 12.9. The first-order valence-corrected chi connectivity index (χ1v) is 7.78. The third-order valence-electron chi connectivity index (χ3n) is 4.96. The van der Waals surface area contributed by atoms with Gasteiger partial charge in [0.25, 0.3) is 0 Å². The van der Waals surface area contributed by atoms with Crippen LogP contribution in [0.1, 0.15) is 44.7 Å². The molecule has 4 unspecified atom stereocenters. The second kappa shape index (κ2) is 5.64. The van der Waals surface area contributed by atoms with Gasteiger partial charge in [-0.3, -0.25) is 4.90 Å². The van der Waals surface area contributed by atoms with E-state index in [1.54, 1.807) is 0 Å². The standard InChI is InChI=1S/C17H26N2/c1-13-8-9-16(10-13)19-12-17(18-11-14(19)2)15-6-4-3-5-7-15/h3-7,13-14,16-18H,8-12H2,1-2H3. The lowest BCUT2D eigenvalue weighted by atomic mass is 9.99. The molecule has 2 heteroatoms. The summed E-state index contributed by atoms with van der Waals surface area (Å²) >= 11 is 0. The molecule has 2 fully saturated rings. The van der Waals surface area contributed by atoms with Crippen LogP contribution in [0, 0.1) is 5.92 Å². The Bertz CT molecular complexity index is 403. The summed E-state index contributed by atoms with van der Waals surface area (Å²) in [5.74, 6) is 0.919. The highest BCUT2D eigenvalue weighted by atomic mass is 15.3. The second-order valence-corrected chi connectivity index (χ2v) is 6.49. The molecular weight excluding hydrogens is 232 g/mol. The summed E-state index contributed by atoms with van der Waals surface area (Å²) < 4.78 is 0. The van der Waals surface area contributed by atoms with Crippen molar-refractivity contribution in [2.24, 2.45) is 5.92 Å². The van der Waals surface area contributed by atoms with E-state index >= 15 is 0 Å². The van der Waals surface area contributed by atoms with Crippen LogP contribution >= 0.6 is 0 Å². The van der Waals surface area contributed by atoms with Gasteiger partial charge in [-0.2, -0.15) is 0 Å². The quantitative estimate of drug-likeness (QED) is 0.876. The maximum absolute atomic E-state index is 3.71. The van der Waals surface area contributed by atoms with Gasteiger partial charge in [0.2, 0.25) is 0 Å². The molecule has 1 aromatic rings. The van der Waals surface area contributed by atoms with Gasteiger partial charge < -0.3 is 5.32 Å². The predicted molar refractivity (Wildman–Crippen MR) is 80.2 cm³/mol. The molecule has 1 saturated carbocycles. The summed E-state index contributed by atoms with van der Waals surface area (Å²) in [6.07, 6.45) is 4.20. The van der Waals surface area contributed by atoms with Crippen molar-refractivity contribution in [3.8, 4) is 0 Å². The Labute approximate surface area is 117 Å². The van der Waals surface area contributed by atoms with E-state index < -0.39 is 0 Å². The van der Waals surface area contributed by atoms with E-state index in [1.165, 1.54) is 31.4 Å². The molecule has 104 valence electrons. The Hall–Kier alpha value is -0.860. The number of nitrogens with one attached hydrogen (secondary N) is 1. The van der Waals surface area contributed by atoms with E-state index in [1.807, 2.05) is 0 Å². The molecule has 1 aromatic carbocycles. The van der Waals surface area contributed by atoms with Crippen molar-refractivity contribution in [2.45, 2.75) is 51.2 Å². The van der Waals surface area contributed by atoms with Crippen LogP contribution in [0.2, 0.25) is 0 Å². The summed E-state index contributed by atoms with van der Waals surface area (Å²) in [7, 11) is 0. The van der Waals surface area contributed by atoms with Crippen molar-refractivity contribution in [1.29, 1.82) is 0 Å². The first-order chi connectivity index (χ1) is 9.24. The largest absolute Gasteiger partial charge is 0.307 e. The first-order valence-electron chi connectivity index (χ1n) is 7.78. The van der Waals surface area contributed by atoms with E-state index in [9.17, 15) is 0 Å². The molecule has 0 spiro atoms. The van der Waals surface area contributed by atoms with Crippen molar-refractivity contribution >= 4 is 0 Å². The molecule has 1 aliphatic heterocycles. The first kappa shape index (κ1) is 13.1. The lowest BCUT2D eigenvalue weighted by Gasteiger charge is -2.42. The van der Waals surface area contributed by atoms with Crippen LogP contribution in [0.3, 0.4) is 0 Å². The smallest absolute Gasteiger partial charge is 0.0450 e. The number of hydrogen-bond donors (Lipinski definition) is 1. The van der Waals surface area contributed by atoms with Gasteiger partial charge in [0.1, 0.15) is 0 Å². The Morgan fingerprint density at radius 1 is 1.11 bits per heavy atom. The number of rotatable bonds is 2. The van der Waals surface area contributed by atoms with E-state index in [2.05, 4.69) is 54.4 Å². The Morgan fingerprint density at radius 3 is 2.58 bits per heavy atom. The minimum Gasteiger partial charge on any atom is -0.307 e. The molecule has 19 heavy (non-hydrogen) atoms. The Morgan fingerprint density at radius 2 is 1.89 bits per heavy atom. The molecule has 1 heterocycles. The number of nitrogens with zero attached hydrogens (tertiary/aromatic N) is 1. The van der Waals surface area contributed by atoms with Crippen molar-refractivity contribution in [3.63, 3.8) is 0 Å². The van der Waals surface area contributed by atoms with Crippen LogP contribution in [0.4, 0.5) is 0 Å². The number of piperazine rings is 1. The highest BCUT2D eigenvalue weighted by Crippen LogP contribution is 2.32. The third kappa shape index (κ3) is 2.85. The van der Waals surface area contributed by atoms with E-state index in [4.69, 9.17) is 0 Å². The highest BCUT2D eigenvalue weighted by Gasteiger charge is 2.34. The number of benzene rings is 1. The van der Waals surface area contributed by atoms with Gasteiger partial charge >= 0.3 is 0 Å². The normalized spacial score (nSPS) is 36.5. The molecule has 2 nitrogen and oxygen atoms in total. The molecule has 0 aromatic heterocycles. The van der Waals surface area contributed by atoms with Crippen molar-refractivity contribution in [3.05, 3.63) is 35.9 Å². The third-order valence-corrected chi connectivity index (χ3v) is 4.96. The molecular formula is C17H26N2. The molecule has 0 radical (unpaired) electrons. The number of hydrogen-bond acceptors (Lipinski definition) is 2. The molecule has 3 rings (SSSR count). The zero-order valence-corrected chi connectivity index (χ0v) is 12.2. The van der Waals surface area contributed by atoms with E-state index in [0.29, 0.717) is 12.1 Å². The van der Waals surface area contributed by atoms with Crippen LogP contribution in [0.15, 0.2) is 30.3 Å². The van der Waals surface area contributed by atoms with Crippen molar-refractivity contribution in [2.75, 3.05) is 13.1 Å². The minimum atomic E-state index is 0.508. The Kier molecular flexibility index (Phi) is 3.90. The van der Waals surface area contributed by atoms with Gasteiger partial charge in [-0.1, -0.05) is 37.3 Å². The lowest BCUT2D eigenvalue weighted by molar-refractivity contribution is 0.0914. The van der Waals surface area contributed by atoms with Crippen LogP contribution in [-0.4, -0.2) is 30.1 Å². The molecule has 1 aliphatic carbocycles. The van der Waals surface area contributed by atoms with Gasteiger partial charge in [0, 0.05) is 31.2 Å². The molecule has 0 amide bonds. The van der Waals surface area contributed by atoms with Crippen LogP contribution in [-0.2, 0) is 0 Å². The average molecular weight is 258 g/mol. The molecule has 0 bridgehead atoms. The molecule has 1 saturated heterocycles. The van der Waals surface area contributed by atoms with Gasteiger partial charge in [0.05, 0.1) is 0 Å². The van der Waals surface area contributed by atoms with Crippen LogP contribution in [0.5, 0.6) is 0 Å². The summed E-state index contributed by atoms with van der Waals surface area (Å²) in [5.41, 5.74) is 1.44. The van der Waals surface area contributed by atoms with Crippen molar-refractivity contribution < 1.29 is 0 Å². The van der Waals surface area contributed by atoms with Crippen LogP contribution in [0.25, 0.3) is 0 Å². The summed E-state index contributed by atoms with van der Waals surface area (Å²) in [5, 5.41) is 3.71. The van der Waals surface area contributed by atoms with Gasteiger partial charge in [-0.25, -0.2) is 0 Å². The Balaban J connectivity index is 1.70. The summed E-state index contributed by atoms with van der Waals surface area (Å²) in [6.45, 7) is 7.06. The fourth-order valence-corrected chi connectivity index (χ4v) is 3.78. The topological polar surface area (TPSA) is 15.3 Å². The molecule has 1 N–H and O–H groups in total. The summed E-state index contributed by atoms with van der Waals surface area (Å²) in [4.78, 5) is 2.76. The van der Waals surface area contributed by atoms with Crippen LogP contribution < -0.4 is 5.32 Å².